The van der Waals surface area contributed by atoms with Crippen molar-refractivity contribution in [2.45, 2.75) is 52.6 Å². The first-order valence-electron chi connectivity index (χ1n) is 6.55. The summed E-state index contributed by atoms with van der Waals surface area (Å²) in [7, 11) is 0. The van der Waals surface area contributed by atoms with Crippen LogP contribution in [0, 0.1) is 11.3 Å². The van der Waals surface area contributed by atoms with Gasteiger partial charge < -0.3 is 15.7 Å². The van der Waals surface area contributed by atoms with E-state index in [1.54, 1.807) is 6.92 Å². The van der Waals surface area contributed by atoms with Gasteiger partial charge in [0, 0.05) is 13.1 Å². The zero-order valence-electron chi connectivity index (χ0n) is 11.5. The van der Waals surface area contributed by atoms with E-state index in [0.717, 1.165) is 13.0 Å². The summed E-state index contributed by atoms with van der Waals surface area (Å²) >= 11 is 0. The minimum atomic E-state index is -0.848. The molecule has 0 aromatic carbocycles. The average molecular weight is 242 g/mol. The van der Waals surface area contributed by atoms with Gasteiger partial charge in [0.1, 0.15) is 0 Å². The molecule has 0 heterocycles. The van der Waals surface area contributed by atoms with Crippen LogP contribution in [-0.2, 0) is 0 Å². The molecule has 0 saturated heterocycles. The van der Waals surface area contributed by atoms with Crippen LogP contribution < -0.4 is 10.6 Å². The number of hydrogen-bond donors (Lipinski definition) is 3. The Labute approximate surface area is 104 Å². The molecule has 0 aromatic rings. The van der Waals surface area contributed by atoms with Crippen LogP contribution in [0.15, 0.2) is 0 Å². The Morgan fingerprint density at radius 2 is 2.00 bits per heavy atom. The van der Waals surface area contributed by atoms with Gasteiger partial charge in [0.15, 0.2) is 0 Å². The number of hydrogen-bond acceptors (Lipinski definition) is 2. The highest BCUT2D eigenvalue weighted by atomic mass is 16.3. The minimum absolute atomic E-state index is 0.119. The van der Waals surface area contributed by atoms with E-state index in [0.29, 0.717) is 5.41 Å². The molecular weight excluding hydrogens is 216 g/mol. The standard InChI is InChI=1S/C13H26N2O2/c1-5-13(6-7-13)9-15-11(16)14-8-12(4,17)10(2)3/h10,17H,5-9H2,1-4H3,(H2,14,15,16). The van der Waals surface area contributed by atoms with Crippen molar-refractivity contribution < 1.29 is 9.90 Å². The molecule has 1 saturated carbocycles. The molecule has 2 amide bonds. The topological polar surface area (TPSA) is 61.4 Å². The third-order valence-electron chi connectivity index (χ3n) is 4.18. The van der Waals surface area contributed by atoms with Crippen LogP contribution in [0.25, 0.3) is 0 Å². The van der Waals surface area contributed by atoms with E-state index in [4.69, 9.17) is 0 Å². The van der Waals surface area contributed by atoms with E-state index in [9.17, 15) is 9.90 Å². The molecule has 1 rings (SSSR count). The molecule has 0 bridgehead atoms. The molecular formula is C13H26N2O2. The summed E-state index contributed by atoms with van der Waals surface area (Å²) in [5, 5.41) is 15.6. The van der Waals surface area contributed by atoms with Crippen molar-refractivity contribution in [3.05, 3.63) is 0 Å². The van der Waals surface area contributed by atoms with Crippen LogP contribution in [0.4, 0.5) is 4.79 Å². The predicted octanol–water partition coefficient (Wildman–Crippen LogP) is 1.88. The maximum absolute atomic E-state index is 11.6. The fraction of sp³-hybridized carbons (Fsp3) is 0.923. The van der Waals surface area contributed by atoms with Crippen molar-refractivity contribution in [3.63, 3.8) is 0 Å². The fourth-order valence-electron chi connectivity index (χ4n) is 1.63. The quantitative estimate of drug-likeness (QED) is 0.666. The van der Waals surface area contributed by atoms with Gasteiger partial charge in [-0.25, -0.2) is 4.79 Å². The highest BCUT2D eigenvalue weighted by molar-refractivity contribution is 5.74. The molecule has 1 fully saturated rings. The molecule has 17 heavy (non-hydrogen) atoms. The minimum Gasteiger partial charge on any atom is -0.388 e. The molecule has 4 heteroatoms. The molecule has 1 aliphatic rings. The Kier molecular flexibility index (Phi) is 4.42. The molecule has 1 aliphatic carbocycles. The second-order valence-electron chi connectivity index (χ2n) is 5.90. The normalized spacial score (nSPS) is 20.8. The molecule has 4 nitrogen and oxygen atoms in total. The van der Waals surface area contributed by atoms with Gasteiger partial charge in [-0.15, -0.1) is 0 Å². The first-order chi connectivity index (χ1) is 7.81. The van der Waals surface area contributed by atoms with Crippen molar-refractivity contribution in [3.8, 4) is 0 Å². The Bertz CT molecular complexity index is 271. The SMILES string of the molecule is CCC1(CNC(=O)NCC(C)(O)C(C)C)CC1. The van der Waals surface area contributed by atoms with Crippen molar-refractivity contribution in [1.82, 2.24) is 10.6 Å². The zero-order chi connectivity index (χ0) is 13.1. The summed E-state index contributed by atoms with van der Waals surface area (Å²) in [5.74, 6) is 0.119. The highest BCUT2D eigenvalue weighted by Gasteiger charge is 2.40. The lowest BCUT2D eigenvalue weighted by atomic mass is 9.93. The van der Waals surface area contributed by atoms with E-state index in [2.05, 4.69) is 17.6 Å². The van der Waals surface area contributed by atoms with Gasteiger partial charge in [-0.05, 0) is 37.5 Å². The van der Waals surface area contributed by atoms with Gasteiger partial charge in [-0.1, -0.05) is 20.8 Å². The van der Waals surface area contributed by atoms with E-state index in [1.807, 2.05) is 13.8 Å². The van der Waals surface area contributed by atoms with E-state index >= 15 is 0 Å². The molecule has 3 N–H and O–H groups in total. The van der Waals surface area contributed by atoms with Gasteiger partial charge in [-0.2, -0.15) is 0 Å². The fourth-order valence-corrected chi connectivity index (χ4v) is 1.63. The van der Waals surface area contributed by atoms with Crippen LogP contribution in [0.3, 0.4) is 0 Å². The summed E-state index contributed by atoms with van der Waals surface area (Å²) in [6, 6.07) is -0.175. The number of rotatable bonds is 6. The van der Waals surface area contributed by atoms with Crippen molar-refractivity contribution in [2.75, 3.05) is 13.1 Å². The number of carbonyl (C=O) groups excluding carboxylic acids is 1. The second-order valence-corrected chi connectivity index (χ2v) is 5.90. The summed E-state index contributed by atoms with van der Waals surface area (Å²) < 4.78 is 0. The lowest BCUT2D eigenvalue weighted by molar-refractivity contribution is 0.0166. The van der Waals surface area contributed by atoms with Crippen molar-refractivity contribution in [1.29, 1.82) is 0 Å². The maximum Gasteiger partial charge on any atom is 0.314 e. The van der Waals surface area contributed by atoms with Crippen LogP contribution in [0.1, 0.15) is 47.0 Å². The molecule has 1 atom stereocenters. The summed E-state index contributed by atoms with van der Waals surface area (Å²) in [5.41, 5.74) is -0.489. The molecule has 0 aromatic heterocycles. The lowest BCUT2D eigenvalue weighted by Gasteiger charge is -2.28. The van der Waals surface area contributed by atoms with Crippen molar-refractivity contribution in [2.24, 2.45) is 11.3 Å². The number of urea groups is 1. The highest BCUT2D eigenvalue weighted by Crippen LogP contribution is 2.47. The maximum atomic E-state index is 11.6. The first-order valence-corrected chi connectivity index (χ1v) is 6.55. The summed E-state index contributed by atoms with van der Waals surface area (Å²) in [6.07, 6.45) is 3.55. The number of aliphatic hydroxyl groups is 1. The Balaban J connectivity index is 2.22. The third kappa shape index (κ3) is 4.19. The van der Waals surface area contributed by atoms with Gasteiger partial charge >= 0.3 is 6.03 Å². The first kappa shape index (κ1) is 14.3. The van der Waals surface area contributed by atoms with E-state index in [1.165, 1.54) is 12.8 Å². The van der Waals surface area contributed by atoms with Crippen LogP contribution in [0.2, 0.25) is 0 Å². The summed E-state index contributed by atoms with van der Waals surface area (Å²) in [6.45, 7) is 8.82. The van der Waals surface area contributed by atoms with Crippen molar-refractivity contribution >= 4 is 6.03 Å². The molecule has 100 valence electrons. The third-order valence-corrected chi connectivity index (χ3v) is 4.18. The Morgan fingerprint density at radius 1 is 1.41 bits per heavy atom. The largest absolute Gasteiger partial charge is 0.388 e. The lowest BCUT2D eigenvalue weighted by Crippen LogP contribution is -2.48. The molecule has 0 aliphatic heterocycles. The van der Waals surface area contributed by atoms with E-state index < -0.39 is 5.60 Å². The number of carbonyl (C=O) groups is 1. The Morgan fingerprint density at radius 3 is 2.41 bits per heavy atom. The average Bonchev–Trinajstić information content (AvgIpc) is 3.04. The van der Waals surface area contributed by atoms with Crippen LogP contribution in [-0.4, -0.2) is 29.8 Å². The van der Waals surface area contributed by atoms with E-state index in [-0.39, 0.29) is 18.5 Å². The number of nitrogens with one attached hydrogen (secondary N) is 2. The second kappa shape index (κ2) is 5.25. The molecule has 0 radical (unpaired) electrons. The van der Waals surface area contributed by atoms with Gasteiger partial charge in [0.25, 0.3) is 0 Å². The predicted molar refractivity (Wildman–Crippen MR) is 68.8 cm³/mol. The van der Waals surface area contributed by atoms with Gasteiger partial charge in [0.2, 0.25) is 0 Å². The smallest absolute Gasteiger partial charge is 0.314 e. The molecule has 1 unspecified atom stereocenters. The van der Waals surface area contributed by atoms with Crippen LogP contribution >= 0.6 is 0 Å². The van der Waals surface area contributed by atoms with Crippen LogP contribution in [0.5, 0.6) is 0 Å². The zero-order valence-corrected chi connectivity index (χ0v) is 11.5. The van der Waals surface area contributed by atoms with Gasteiger partial charge in [-0.3, -0.25) is 0 Å². The monoisotopic (exact) mass is 242 g/mol. The molecule has 0 spiro atoms. The summed E-state index contributed by atoms with van der Waals surface area (Å²) in [4.78, 5) is 11.6. The Hall–Kier alpha value is -0.770. The van der Waals surface area contributed by atoms with Gasteiger partial charge in [0.05, 0.1) is 5.60 Å². The number of amides is 2.